The van der Waals surface area contributed by atoms with Gasteiger partial charge in [-0.2, -0.15) is 0 Å². The van der Waals surface area contributed by atoms with Gasteiger partial charge in [-0.25, -0.2) is 4.98 Å². The van der Waals surface area contributed by atoms with Gasteiger partial charge in [0.2, 0.25) is 0 Å². The molecule has 0 spiro atoms. The van der Waals surface area contributed by atoms with E-state index in [4.69, 9.17) is 0 Å². The Labute approximate surface area is 106 Å². The predicted molar refractivity (Wildman–Crippen MR) is 69.0 cm³/mol. The summed E-state index contributed by atoms with van der Waals surface area (Å²) < 4.78 is 0.940. The number of ketones is 1. The third-order valence-electron chi connectivity index (χ3n) is 2.16. The van der Waals surface area contributed by atoms with Crippen LogP contribution in [0.2, 0.25) is 0 Å². The van der Waals surface area contributed by atoms with Crippen molar-refractivity contribution in [2.24, 2.45) is 0 Å². The number of halogens is 1. The van der Waals surface area contributed by atoms with E-state index in [0.717, 1.165) is 20.6 Å². The minimum absolute atomic E-state index is 0.111. The zero-order valence-electron chi connectivity index (χ0n) is 8.74. The van der Waals surface area contributed by atoms with Crippen LogP contribution in [0, 0.1) is 6.92 Å². The number of aryl methyl sites for hydroxylation is 1. The number of thiazole rings is 1. The highest BCUT2D eigenvalue weighted by Gasteiger charge is 2.09. The average Bonchev–Trinajstić information content (AvgIpc) is 2.68. The van der Waals surface area contributed by atoms with Crippen molar-refractivity contribution in [3.63, 3.8) is 0 Å². The molecule has 2 nitrogen and oxygen atoms in total. The Kier molecular flexibility index (Phi) is 3.51. The molecule has 82 valence electrons. The highest BCUT2D eigenvalue weighted by molar-refractivity contribution is 9.10. The van der Waals surface area contributed by atoms with E-state index < -0.39 is 0 Å². The van der Waals surface area contributed by atoms with Gasteiger partial charge in [0.25, 0.3) is 0 Å². The number of benzene rings is 1. The second-order valence-electron chi connectivity index (χ2n) is 3.54. The number of Topliss-reactive ketones (excluding diaryl/α,β-unsaturated/α-hetero) is 1. The van der Waals surface area contributed by atoms with Crippen LogP contribution in [-0.2, 0) is 6.42 Å². The number of carbonyl (C=O) groups excluding carboxylic acids is 1. The lowest BCUT2D eigenvalue weighted by molar-refractivity contribution is 0.0993. The topological polar surface area (TPSA) is 30.0 Å². The second-order valence-corrected chi connectivity index (χ2v) is 5.44. The molecule has 0 aliphatic heterocycles. The molecule has 4 heteroatoms. The molecule has 0 N–H and O–H groups in total. The molecule has 1 heterocycles. The maximum Gasteiger partial charge on any atom is 0.169 e. The smallest absolute Gasteiger partial charge is 0.169 e. The maximum atomic E-state index is 12.0. The third kappa shape index (κ3) is 2.77. The fourth-order valence-electron chi connectivity index (χ4n) is 1.48. The molecule has 2 rings (SSSR count). The summed E-state index contributed by atoms with van der Waals surface area (Å²) in [4.78, 5) is 16.1. The second kappa shape index (κ2) is 4.89. The van der Waals surface area contributed by atoms with E-state index in [1.54, 1.807) is 6.20 Å². The third-order valence-corrected chi connectivity index (χ3v) is 3.40. The zero-order valence-corrected chi connectivity index (χ0v) is 11.1. The van der Waals surface area contributed by atoms with Crippen LogP contribution in [0.1, 0.15) is 20.9 Å². The average molecular weight is 296 g/mol. The molecule has 0 radical (unpaired) electrons. The first-order valence-corrected chi connectivity index (χ1v) is 6.51. The summed E-state index contributed by atoms with van der Waals surface area (Å²) in [5, 5.41) is 2.75. The molecule has 1 aromatic carbocycles. The maximum absolute atomic E-state index is 12.0. The summed E-state index contributed by atoms with van der Waals surface area (Å²) in [5.74, 6) is 0.111. The lowest BCUT2D eigenvalue weighted by Crippen LogP contribution is -2.03. The Morgan fingerprint density at radius 1 is 1.44 bits per heavy atom. The zero-order chi connectivity index (χ0) is 11.5. The van der Waals surface area contributed by atoms with E-state index in [9.17, 15) is 4.79 Å². The summed E-state index contributed by atoms with van der Waals surface area (Å²) in [6, 6.07) is 5.74. The Morgan fingerprint density at radius 2 is 2.25 bits per heavy atom. The minimum Gasteiger partial charge on any atom is -0.294 e. The Bertz CT molecular complexity index is 487. The van der Waals surface area contributed by atoms with Gasteiger partial charge in [0, 0.05) is 21.6 Å². The lowest BCUT2D eigenvalue weighted by Gasteiger charge is -2.02. The molecule has 16 heavy (non-hydrogen) atoms. The van der Waals surface area contributed by atoms with Crippen LogP contribution in [0.25, 0.3) is 0 Å². The number of rotatable bonds is 3. The molecule has 0 amide bonds. The number of hydrogen-bond donors (Lipinski definition) is 0. The van der Waals surface area contributed by atoms with E-state index in [1.807, 2.05) is 30.5 Å². The standard InChI is InChI=1S/C12H10BrNOS/c1-8-4-9(6-10(13)5-8)11(15)7-12-14-2-3-16-12/h2-6H,7H2,1H3. The molecule has 1 aromatic heterocycles. The molecule has 0 atom stereocenters. The van der Waals surface area contributed by atoms with E-state index in [2.05, 4.69) is 20.9 Å². The molecule has 0 bridgehead atoms. The molecule has 2 aromatic rings. The van der Waals surface area contributed by atoms with Crippen molar-refractivity contribution < 1.29 is 4.79 Å². The van der Waals surface area contributed by atoms with Gasteiger partial charge in [-0.15, -0.1) is 11.3 Å². The molecule has 0 saturated carbocycles. The van der Waals surface area contributed by atoms with Crippen LogP contribution in [-0.4, -0.2) is 10.8 Å². The fourth-order valence-corrected chi connectivity index (χ4v) is 2.70. The summed E-state index contributed by atoms with van der Waals surface area (Å²) in [7, 11) is 0. The summed E-state index contributed by atoms with van der Waals surface area (Å²) in [6.45, 7) is 1.98. The van der Waals surface area contributed by atoms with Gasteiger partial charge in [0.15, 0.2) is 5.78 Å². The van der Waals surface area contributed by atoms with Crippen LogP contribution >= 0.6 is 27.3 Å². The quantitative estimate of drug-likeness (QED) is 0.809. The minimum atomic E-state index is 0.111. The van der Waals surface area contributed by atoms with E-state index in [-0.39, 0.29) is 5.78 Å². The largest absolute Gasteiger partial charge is 0.294 e. The van der Waals surface area contributed by atoms with E-state index in [0.29, 0.717) is 6.42 Å². The normalized spacial score (nSPS) is 10.4. The van der Waals surface area contributed by atoms with Gasteiger partial charge in [0.05, 0.1) is 6.42 Å². The van der Waals surface area contributed by atoms with Crippen LogP contribution < -0.4 is 0 Å². The summed E-state index contributed by atoms with van der Waals surface area (Å²) in [5.41, 5.74) is 1.82. The SMILES string of the molecule is Cc1cc(Br)cc(C(=O)Cc2nccs2)c1. The molecule has 0 aliphatic carbocycles. The predicted octanol–water partition coefficient (Wildman–Crippen LogP) is 3.64. The Balaban J connectivity index is 2.21. The van der Waals surface area contributed by atoms with Gasteiger partial charge in [0.1, 0.15) is 5.01 Å². The van der Waals surface area contributed by atoms with Crippen LogP contribution in [0.5, 0.6) is 0 Å². The van der Waals surface area contributed by atoms with Crippen LogP contribution in [0.4, 0.5) is 0 Å². The van der Waals surface area contributed by atoms with Gasteiger partial charge in [-0.05, 0) is 30.7 Å². The van der Waals surface area contributed by atoms with Crippen molar-refractivity contribution in [2.75, 3.05) is 0 Å². The summed E-state index contributed by atoms with van der Waals surface area (Å²) in [6.07, 6.45) is 2.10. The molecule has 0 fully saturated rings. The highest BCUT2D eigenvalue weighted by Crippen LogP contribution is 2.17. The summed E-state index contributed by atoms with van der Waals surface area (Å²) >= 11 is 4.90. The monoisotopic (exact) mass is 295 g/mol. The van der Waals surface area contributed by atoms with Crippen molar-refractivity contribution in [3.05, 3.63) is 50.4 Å². The van der Waals surface area contributed by atoms with Gasteiger partial charge in [-0.3, -0.25) is 4.79 Å². The molecular weight excluding hydrogens is 286 g/mol. The fraction of sp³-hybridized carbons (Fsp3) is 0.167. The van der Waals surface area contributed by atoms with Crippen molar-refractivity contribution >= 4 is 33.0 Å². The van der Waals surface area contributed by atoms with E-state index in [1.165, 1.54) is 11.3 Å². The molecule has 0 aliphatic rings. The van der Waals surface area contributed by atoms with Crippen molar-refractivity contribution in [1.29, 1.82) is 0 Å². The van der Waals surface area contributed by atoms with Gasteiger partial charge in [-0.1, -0.05) is 15.9 Å². The first-order valence-electron chi connectivity index (χ1n) is 4.84. The van der Waals surface area contributed by atoms with Crippen molar-refractivity contribution in [2.45, 2.75) is 13.3 Å². The first kappa shape index (κ1) is 11.5. The number of aromatic nitrogens is 1. The van der Waals surface area contributed by atoms with E-state index >= 15 is 0 Å². The van der Waals surface area contributed by atoms with Gasteiger partial charge < -0.3 is 0 Å². The molecule has 0 saturated heterocycles. The Hall–Kier alpha value is -1.00. The van der Waals surface area contributed by atoms with Crippen molar-refractivity contribution in [1.82, 2.24) is 4.98 Å². The first-order chi connectivity index (χ1) is 7.65. The lowest BCUT2D eigenvalue weighted by atomic mass is 10.1. The van der Waals surface area contributed by atoms with Crippen LogP contribution in [0.3, 0.4) is 0 Å². The van der Waals surface area contributed by atoms with Crippen LogP contribution in [0.15, 0.2) is 34.2 Å². The highest BCUT2D eigenvalue weighted by atomic mass is 79.9. The van der Waals surface area contributed by atoms with Crippen molar-refractivity contribution in [3.8, 4) is 0 Å². The molecule has 0 unspecified atom stereocenters. The number of hydrogen-bond acceptors (Lipinski definition) is 3. The molecular formula is C12H10BrNOS. The Morgan fingerprint density at radius 3 is 2.88 bits per heavy atom. The number of nitrogens with zero attached hydrogens (tertiary/aromatic N) is 1. The number of carbonyl (C=O) groups is 1. The van der Waals surface area contributed by atoms with Gasteiger partial charge >= 0.3 is 0 Å².